The van der Waals surface area contributed by atoms with Crippen LogP contribution in [0.2, 0.25) is 0 Å². The molecule has 0 unspecified atom stereocenters. The fraction of sp³-hybridized carbons (Fsp3) is 0.200. The smallest absolute Gasteiger partial charge is 0.120 e. The molecular formula is C60H54N6. The minimum atomic E-state index is 0.629. The van der Waals surface area contributed by atoms with Crippen LogP contribution in [0.4, 0.5) is 0 Å². The molecule has 0 N–H and O–H groups in total. The lowest BCUT2D eigenvalue weighted by Crippen LogP contribution is -2.05. The fourth-order valence-corrected chi connectivity index (χ4v) is 10.2. The van der Waals surface area contributed by atoms with E-state index in [1.807, 2.05) is 0 Å². The maximum absolute atomic E-state index is 5.74. The average molecular weight is 859 g/mol. The van der Waals surface area contributed by atoms with Crippen LogP contribution in [0, 0.1) is 83.1 Å². The minimum absolute atomic E-state index is 0.629. The Morgan fingerprint density at radius 2 is 0.273 bits per heavy atom. The number of hydrogen-bond acceptors (Lipinski definition) is 6. The van der Waals surface area contributed by atoms with Crippen LogP contribution in [0.25, 0.3) is 101 Å². The summed E-state index contributed by atoms with van der Waals surface area (Å²) in [5.74, 6) is 0. The molecule has 3 heterocycles. The van der Waals surface area contributed by atoms with Gasteiger partial charge in [-0.2, -0.15) is 0 Å². The van der Waals surface area contributed by atoms with Gasteiger partial charge >= 0.3 is 0 Å². The quantitative estimate of drug-likeness (QED) is 0.155. The largest absolute Gasteiger partial charge is 0.241 e. The van der Waals surface area contributed by atoms with Crippen molar-refractivity contribution in [2.24, 2.45) is 0 Å². The molecule has 0 amide bonds. The molecule has 0 radical (unpaired) electrons. The van der Waals surface area contributed by atoms with E-state index in [2.05, 4.69) is 192 Å². The molecule has 10 aromatic rings. The number of fused-ring (bicyclic) bond motifs is 6. The van der Waals surface area contributed by atoms with E-state index in [0.717, 1.165) is 134 Å². The van der Waals surface area contributed by atoms with Gasteiger partial charge in [-0.3, -0.25) is 0 Å². The van der Waals surface area contributed by atoms with Gasteiger partial charge in [0.15, 0.2) is 0 Å². The zero-order valence-electron chi connectivity index (χ0n) is 40.1. The second-order valence-electron chi connectivity index (χ2n) is 19.1. The van der Waals surface area contributed by atoms with E-state index < -0.39 is 0 Å². The molecule has 324 valence electrons. The molecule has 0 atom stereocenters. The normalized spacial score (nSPS) is 11.6. The van der Waals surface area contributed by atoms with Gasteiger partial charge in [0.05, 0.1) is 34.2 Å². The molecular weight excluding hydrogens is 805 g/mol. The predicted molar refractivity (Wildman–Crippen MR) is 275 cm³/mol. The molecule has 0 fully saturated rings. The first-order valence-corrected chi connectivity index (χ1v) is 22.8. The first kappa shape index (κ1) is 42.5. The van der Waals surface area contributed by atoms with Crippen molar-refractivity contribution in [1.82, 2.24) is 29.9 Å². The van der Waals surface area contributed by atoms with Crippen LogP contribution >= 0.6 is 0 Å². The van der Waals surface area contributed by atoms with Crippen molar-refractivity contribution in [2.75, 3.05) is 0 Å². The highest BCUT2D eigenvalue weighted by molar-refractivity contribution is 6.20. The Balaban J connectivity index is 1.46. The third kappa shape index (κ3) is 7.91. The summed E-state index contributed by atoms with van der Waals surface area (Å²) in [4.78, 5) is 34.5. The molecule has 10 rings (SSSR count). The van der Waals surface area contributed by atoms with E-state index in [0.29, 0.717) is 33.1 Å². The van der Waals surface area contributed by atoms with Crippen molar-refractivity contribution in [3.8, 4) is 67.5 Å². The molecule has 0 saturated heterocycles. The zero-order valence-corrected chi connectivity index (χ0v) is 40.1. The van der Waals surface area contributed by atoms with Gasteiger partial charge in [0.2, 0.25) is 0 Å². The van der Waals surface area contributed by atoms with Gasteiger partial charge in [-0.05, 0) is 156 Å². The molecule has 6 heteroatoms. The molecule has 0 spiro atoms. The van der Waals surface area contributed by atoms with E-state index >= 15 is 0 Å². The first-order chi connectivity index (χ1) is 31.5. The van der Waals surface area contributed by atoms with Crippen LogP contribution in [-0.2, 0) is 0 Å². The van der Waals surface area contributed by atoms with Gasteiger partial charge in [-0.25, -0.2) is 29.9 Å². The summed E-state index contributed by atoms with van der Waals surface area (Å²) >= 11 is 0. The second kappa shape index (κ2) is 16.2. The number of rotatable bonds is 6. The summed E-state index contributed by atoms with van der Waals surface area (Å²) < 4.78 is 0. The Morgan fingerprint density at radius 3 is 0.379 bits per heavy atom. The Hall–Kier alpha value is -7.44. The molecule has 0 aliphatic rings. The van der Waals surface area contributed by atoms with Gasteiger partial charge in [-0.1, -0.05) is 103 Å². The van der Waals surface area contributed by atoms with Crippen LogP contribution in [0.15, 0.2) is 109 Å². The van der Waals surface area contributed by atoms with Crippen molar-refractivity contribution in [3.05, 3.63) is 176 Å². The summed E-state index contributed by atoms with van der Waals surface area (Å²) in [6, 6.07) is 39.7. The second-order valence-corrected chi connectivity index (χ2v) is 19.1. The first-order valence-electron chi connectivity index (χ1n) is 22.8. The molecule has 6 nitrogen and oxygen atoms in total. The highest BCUT2D eigenvalue weighted by Gasteiger charge is 2.26. The monoisotopic (exact) mass is 858 g/mol. The van der Waals surface area contributed by atoms with Crippen LogP contribution < -0.4 is 0 Å². The third-order valence-corrected chi connectivity index (χ3v) is 12.3. The molecule has 0 bridgehead atoms. The van der Waals surface area contributed by atoms with Crippen molar-refractivity contribution in [2.45, 2.75) is 83.1 Å². The van der Waals surface area contributed by atoms with Gasteiger partial charge in [0.1, 0.15) is 33.1 Å². The molecule has 0 aliphatic heterocycles. The molecule has 66 heavy (non-hydrogen) atoms. The maximum atomic E-state index is 5.74. The van der Waals surface area contributed by atoms with E-state index in [1.165, 1.54) is 0 Å². The van der Waals surface area contributed by atoms with Crippen LogP contribution in [0.1, 0.15) is 66.8 Å². The highest BCUT2D eigenvalue weighted by Crippen LogP contribution is 2.42. The molecule has 7 aromatic carbocycles. The Kier molecular flexibility index (Phi) is 10.4. The molecule has 0 saturated carbocycles. The highest BCUT2D eigenvalue weighted by atomic mass is 14.9. The summed E-state index contributed by atoms with van der Waals surface area (Å²) in [7, 11) is 0. The predicted octanol–water partition coefficient (Wildman–Crippen LogP) is 15.2. The van der Waals surface area contributed by atoms with Gasteiger partial charge < -0.3 is 0 Å². The fourth-order valence-electron chi connectivity index (χ4n) is 10.2. The van der Waals surface area contributed by atoms with E-state index in [4.69, 9.17) is 29.9 Å². The summed E-state index contributed by atoms with van der Waals surface area (Å²) in [6.07, 6.45) is 0. The van der Waals surface area contributed by atoms with Crippen molar-refractivity contribution < 1.29 is 0 Å². The van der Waals surface area contributed by atoms with Crippen LogP contribution in [0.5, 0.6) is 0 Å². The average Bonchev–Trinajstić information content (AvgIpc) is 3.23. The van der Waals surface area contributed by atoms with Crippen LogP contribution in [-0.4, -0.2) is 29.9 Å². The maximum Gasteiger partial charge on any atom is 0.120 e. The van der Waals surface area contributed by atoms with E-state index in [1.54, 1.807) is 0 Å². The Bertz CT molecular complexity index is 2900. The Labute approximate surface area is 388 Å². The lowest BCUT2D eigenvalue weighted by atomic mass is 9.96. The van der Waals surface area contributed by atoms with E-state index in [9.17, 15) is 0 Å². The summed E-state index contributed by atoms with van der Waals surface area (Å²) in [5.41, 5.74) is 28.2. The van der Waals surface area contributed by atoms with Gasteiger partial charge in [0.25, 0.3) is 0 Å². The Morgan fingerprint density at radius 1 is 0.167 bits per heavy atom. The number of aryl methyl sites for hydroxylation is 12. The third-order valence-electron chi connectivity index (χ3n) is 12.3. The summed E-state index contributed by atoms with van der Waals surface area (Å²) in [5, 5.41) is 0. The van der Waals surface area contributed by atoms with Gasteiger partial charge in [0, 0.05) is 33.4 Å². The lowest BCUT2D eigenvalue weighted by molar-refractivity contribution is 1.23. The standard InChI is InChI=1S/C60H54N6/c1-31-13-32(2)20-43(19-31)49-50(44-21-33(3)14-34(4)22-44)62-56-55(61-49)57-59(65-52(46-25-37(7)16-38(8)26-46)51(63-57)45-23-35(5)15-36(6)24-45)60-58(56)64-53(47-27-39(9)17-40(10)28-47)54(66-60)48-29-41(11)18-42(12)30-48/h13-30H,1-12H3. The topological polar surface area (TPSA) is 77.3 Å². The van der Waals surface area contributed by atoms with Crippen molar-refractivity contribution in [1.29, 1.82) is 0 Å². The minimum Gasteiger partial charge on any atom is -0.241 e. The van der Waals surface area contributed by atoms with Crippen molar-refractivity contribution in [3.63, 3.8) is 0 Å². The number of benzene rings is 7. The SMILES string of the molecule is Cc1cc(C)cc(-c2nc3c4nc(-c5cc(C)cc(C)c5)c(-c5cc(C)cc(C)c5)nc4c4nc(-c5cc(C)cc(C)c5)c(-c5cc(C)cc(C)c5)nc4c3nc2-c2cc(C)cc(C)c2)c1. The zero-order chi connectivity index (χ0) is 46.3. The number of hydrogen-bond donors (Lipinski definition) is 0. The number of aromatic nitrogens is 6. The lowest BCUT2D eigenvalue weighted by Gasteiger charge is -2.18. The van der Waals surface area contributed by atoms with E-state index in [-0.39, 0.29) is 0 Å². The van der Waals surface area contributed by atoms with Crippen LogP contribution in [0.3, 0.4) is 0 Å². The number of nitrogens with zero attached hydrogens (tertiary/aromatic N) is 6. The molecule has 3 aromatic heterocycles. The molecule has 0 aliphatic carbocycles. The summed E-state index contributed by atoms with van der Waals surface area (Å²) in [6.45, 7) is 25.6. The van der Waals surface area contributed by atoms with Crippen molar-refractivity contribution >= 4 is 33.1 Å². The van der Waals surface area contributed by atoms with Gasteiger partial charge in [-0.15, -0.1) is 0 Å².